The van der Waals surface area contributed by atoms with Gasteiger partial charge in [0, 0.05) is 17.0 Å². The van der Waals surface area contributed by atoms with Crippen molar-refractivity contribution in [3.63, 3.8) is 0 Å². The molecule has 1 aliphatic rings. The maximum atomic E-state index is 13.5. The summed E-state index contributed by atoms with van der Waals surface area (Å²) < 4.78 is 5.75. The van der Waals surface area contributed by atoms with Crippen molar-refractivity contribution in [2.75, 3.05) is 26.2 Å². The largest absolute Gasteiger partial charge is 0.503 e. The van der Waals surface area contributed by atoms with Gasteiger partial charge in [0.25, 0.3) is 5.91 Å². The Bertz CT molecular complexity index is 1180. The highest BCUT2D eigenvalue weighted by molar-refractivity contribution is 6.30. The van der Waals surface area contributed by atoms with E-state index in [4.69, 9.17) is 16.0 Å². The number of carbonyl (C=O) groups is 2. The number of ketones is 1. The Morgan fingerprint density at radius 2 is 1.88 bits per heavy atom. The number of halogens is 1. The van der Waals surface area contributed by atoms with Gasteiger partial charge in [-0.1, -0.05) is 55.8 Å². The van der Waals surface area contributed by atoms with Gasteiger partial charge < -0.3 is 19.3 Å². The van der Waals surface area contributed by atoms with Gasteiger partial charge in [0.2, 0.25) is 5.78 Å². The minimum Gasteiger partial charge on any atom is -0.503 e. The van der Waals surface area contributed by atoms with Crippen molar-refractivity contribution in [1.82, 2.24) is 9.80 Å². The molecule has 0 saturated heterocycles. The first-order valence-corrected chi connectivity index (χ1v) is 11.6. The SMILES string of the molecule is CCN(CC)CCCN1C(=O)C(O)=C(C(=O)c2cc3ccccc3o2)[C@@H]1c1cccc(Cl)c1. The van der Waals surface area contributed by atoms with Crippen molar-refractivity contribution < 1.29 is 19.1 Å². The zero-order valence-corrected chi connectivity index (χ0v) is 19.5. The number of Topliss-reactive ketones (excluding diaryl/α,β-unsaturated/α-hetero) is 1. The summed E-state index contributed by atoms with van der Waals surface area (Å²) in [5, 5.41) is 12.1. The number of hydrogen-bond donors (Lipinski definition) is 1. The first-order valence-electron chi connectivity index (χ1n) is 11.2. The molecule has 3 aromatic rings. The van der Waals surface area contributed by atoms with Crippen LogP contribution in [0.2, 0.25) is 5.02 Å². The molecular weight excluding hydrogens is 440 g/mol. The Hall–Kier alpha value is -3.09. The second kappa shape index (κ2) is 9.81. The van der Waals surface area contributed by atoms with Gasteiger partial charge in [0.1, 0.15) is 5.58 Å². The quantitative estimate of drug-likeness (QED) is 0.427. The van der Waals surface area contributed by atoms with Crippen LogP contribution in [0.3, 0.4) is 0 Å². The van der Waals surface area contributed by atoms with E-state index >= 15 is 0 Å². The fourth-order valence-electron chi connectivity index (χ4n) is 4.37. The lowest BCUT2D eigenvalue weighted by Gasteiger charge is -2.28. The molecule has 1 atom stereocenters. The van der Waals surface area contributed by atoms with E-state index < -0.39 is 23.5 Å². The second-order valence-corrected chi connectivity index (χ2v) is 8.51. The molecule has 0 saturated carbocycles. The Morgan fingerprint density at radius 3 is 2.58 bits per heavy atom. The lowest BCUT2D eigenvalue weighted by Crippen LogP contribution is -2.34. The molecule has 0 unspecified atom stereocenters. The van der Waals surface area contributed by atoms with Crippen LogP contribution in [0.25, 0.3) is 11.0 Å². The topological polar surface area (TPSA) is 74.0 Å². The van der Waals surface area contributed by atoms with Gasteiger partial charge in [-0.25, -0.2) is 0 Å². The Labute approximate surface area is 198 Å². The highest BCUT2D eigenvalue weighted by Gasteiger charge is 2.44. The van der Waals surface area contributed by atoms with E-state index in [0.29, 0.717) is 29.1 Å². The number of aliphatic hydroxyl groups excluding tert-OH is 1. The number of nitrogens with zero attached hydrogens (tertiary/aromatic N) is 2. The Morgan fingerprint density at radius 1 is 1.12 bits per heavy atom. The summed E-state index contributed by atoms with van der Waals surface area (Å²) in [6, 6.07) is 15.2. The normalized spacial score (nSPS) is 16.4. The standard InChI is InChI=1S/C26H27ClN2O4/c1-3-28(4-2)13-8-14-29-23(18-10-7-11-19(27)15-18)22(25(31)26(29)32)24(30)21-16-17-9-5-6-12-20(17)33-21/h5-7,9-12,15-16,23,31H,3-4,8,13-14H2,1-2H3/t23-/m0/s1. The number of fused-ring (bicyclic) bond motifs is 1. The number of rotatable bonds is 9. The maximum absolute atomic E-state index is 13.5. The molecule has 7 heteroatoms. The van der Waals surface area contributed by atoms with Gasteiger partial charge in [-0.15, -0.1) is 0 Å². The number of amides is 1. The highest BCUT2D eigenvalue weighted by Crippen LogP contribution is 2.40. The Kier molecular flexibility index (Phi) is 6.86. The number of para-hydroxylation sites is 1. The van der Waals surface area contributed by atoms with Crippen LogP contribution in [0.15, 0.2) is 70.3 Å². The van der Waals surface area contributed by atoms with Gasteiger partial charge in [0.05, 0.1) is 11.6 Å². The minimum absolute atomic E-state index is 0.0177. The Balaban J connectivity index is 1.70. The summed E-state index contributed by atoms with van der Waals surface area (Å²) in [6.07, 6.45) is 0.712. The van der Waals surface area contributed by atoms with Gasteiger partial charge in [-0.05, 0) is 55.9 Å². The molecule has 1 N–H and O–H groups in total. The summed E-state index contributed by atoms with van der Waals surface area (Å²) in [7, 11) is 0. The third-order valence-electron chi connectivity index (χ3n) is 6.13. The van der Waals surface area contributed by atoms with Crippen LogP contribution in [0, 0.1) is 0 Å². The average Bonchev–Trinajstić information content (AvgIpc) is 3.36. The number of hydrogen-bond acceptors (Lipinski definition) is 5. The molecule has 2 aromatic carbocycles. The fourth-order valence-corrected chi connectivity index (χ4v) is 4.57. The number of benzene rings is 2. The van der Waals surface area contributed by atoms with Crippen molar-refractivity contribution in [3.8, 4) is 0 Å². The summed E-state index contributed by atoms with van der Waals surface area (Å²) in [5.41, 5.74) is 1.26. The molecule has 1 aromatic heterocycles. The molecule has 0 radical (unpaired) electrons. The predicted octanol–water partition coefficient (Wildman–Crippen LogP) is 5.40. The van der Waals surface area contributed by atoms with Crippen molar-refractivity contribution in [1.29, 1.82) is 0 Å². The van der Waals surface area contributed by atoms with Crippen LogP contribution >= 0.6 is 11.6 Å². The van der Waals surface area contributed by atoms with Crippen molar-refractivity contribution in [2.24, 2.45) is 0 Å². The molecule has 0 fully saturated rings. The van der Waals surface area contributed by atoms with Crippen molar-refractivity contribution in [2.45, 2.75) is 26.3 Å². The molecule has 1 amide bonds. The summed E-state index contributed by atoms with van der Waals surface area (Å²) >= 11 is 6.23. The van der Waals surface area contributed by atoms with Crippen LogP contribution in [0.5, 0.6) is 0 Å². The van der Waals surface area contributed by atoms with Gasteiger partial charge in [0.15, 0.2) is 11.5 Å². The second-order valence-electron chi connectivity index (χ2n) is 8.08. The lowest BCUT2D eigenvalue weighted by atomic mass is 9.95. The average molecular weight is 467 g/mol. The van der Waals surface area contributed by atoms with Crippen LogP contribution in [0.1, 0.15) is 42.4 Å². The van der Waals surface area contributed by atoms with Gasteiger partial charge in [-0.3, -0.25) is 9.59 Å². The molecular formula is C26H27ClN2O4. The monoisotopic (exact) mass is 466 g/mol. The van der Waals surface area contributed by atoms with Crippen molar-refractivity contribution in [3.05, 3.63) is 82.3 Å². The number of carbonyl (C=O) groups excluding carboxylic acids is 2. The fraction of sp³-hybridized carbons (Fsp3) is 0.308. The van der Waals surface area contributed by atoms with E-state index in [1.54, 1.807) is 35.2 Å². The van der Waals surface area contributed by atoms with Gasteiger partial charge >= 0.3 is 0 Å². The van der Waals surface area contributed by atoms with Crippen LogP contribution in [0.4, 0.5) is 0 Å². The number of aliphatic hydroxyl groups is 1. The minimum atomic E-state index is -0.742. The third kappa shape index (κ3) is 4.54. The van der Waals surface area contributed by atoms with E-state index in [1.807, 2.05) is 24.3 Å². The highest BCUT2D eigenvalue weighted by atomic mass is 35.5. The van der Waals surface area contributed by atoms with Crippen LogP contribution in [-0.4, -0.2) is 52.8 Å². The van der Waals surface area contributed by atoms with Crippen molar-refractivity contribution >= 4 is 34.3 Å². The van der Waals surface area contributed by atoms with Crippen LogP contribution in [-0.2, 0) is 4.79 Å². The molecule has 33 heavy (non-hydrogen) atoms. The van der Waals surface area contributed by atoms with Gasteiger partial charge in [-0.2, -0.15) is 0 Å². The smallest absolute Gasteiger partial charge is 0.290 e. The van der Waals surface area contributed by atoms with E-state index in [1.165, 1.54) is 0 Å². The molecule has 172 valence electrons. The summed E-state index contributed by atoms with van der Waals surface area (Å²) in [6.45, 7) is 7.23. The van der Waals surface area contributed by atoms with E-state index in [-0.39, 0.29) is 11.3 Å². The summed E-state index contributed by atoms with van der Waals surface area (Å²) in [5.74, 6) is -1.51. The predicted molar refractivity (Wildman–Crippen MR) is 129 cm³/mol. The number of furan rings is 1. The van der Waals surface area contributed by atoms with E-state index in [2.05, 4.69) is 18.7 Å². The molecule has 0 bridgehead atoms. The summed E-state index contributed by atoms with van der Waals surface area (Å²) in [4.78, 5) is 30.4. The third-order valence-corrected chi connectivity index (χ3v) is 6.36. The molecule has 0 spiro atoms. The molecule has 4 rings (SSSR count). The first-order chi connectivity index (χ1) is 15.9. The maximum Gasteiger partial charge on any atom is 0.290 e. The zero-order valence-electron chi connectivity index (χ0n) is 18.8. The lowest BCUT2D eigenvalue weighted by molar-refractivity contribution is -0.129. The van der Waals surface area contributed by atoms with E-state index in [0.717, 1.165) is 25.0 Å². The molecule has 2 heterocycles. The molecule has 6 nitrogen and oxygen atoms in total. The van der Waals surface area contributed by atoms with Crippen LogP contribution < -0.4 is 0 Å². The van der Waals surface area contributed by atoms with E-state index in [9.17, 15) is 14.7 Å². The molecule has 1 aliphatic heterocycles. The first kappa shape index (κ1) is 23.1. The molecule has 0 aliphatic carbocycles. The zero-order chi connectivity index (χ0) is 23.5.